The molecule has 3 aliphatic rings. The van der Waals surface area contributed by atoms with Gasteiger partial charge in [0, 0.05) is 0 Å². The van der Waals surface area contributed by atoms with Gasteiger partial charge in [0.15, 0.2) is 0 Å². The molecular formula is C37H40N2O4. The largest absolute Gasteiger partial charge is 0.387 e. The number of benzene rings is 4. The lowest BCUT2D eigenvalue weighted by molar-refractivity contribution is -0.140. The minimum absolute atomic E-state index is 0.349. The van der Waals surface area contributed by atoms with Crippen LogP contribution in [0.5, 0.6) is 0 Å². The molecule has 7 rings (SSSR count). The molecule has 0 bridgehead atoms. The van der Waals surface area contributed by atoms with E-state index in [1.54, 1.807) is 0 Å². The van der Waals surface area contributed by atoms with Gasteiger partial charge in [0.1, 0.15) is 5.41 Å². The number of nitrogens with one attached hydrogen (secondary N) is 2. The van der Waals surface area contributed by atoms with Crippen LogP contribution in [-0.4, -0.2) is 33.2 Å². The first-order valence-electron chi connectivity index (χ1n) is 15.9. The number of rotatable bonds is 8. The molecule has 43 heavy (non-hydrogen) atoms. The van der Waals surface area contributed by atoms with Gasteiger partial charge in [-0.25, -0.2) is 0 Å². The van der Waals surface area contributed by atoms with Crippen LogP contribution in [0.2, 0.25) is 0 Å². The Bertz CT molecular complexity index is 1550. The van der Waals surface area contributed by atoms with E-state index in [0.29, 0.717) is 38.5 Å². The van der Waals surface area contributed by atoms with Gasteiger partial charge < -0.3 is 20.8 Å². The van der Waals surface area contributed by atoms with Crippen molar-refractivity contribution in [3.05, 3.63) is 96.1 Å². The highest BCUT2D eigenvalue weighted by Crippen LogP contribution is 2.50. The number of aliphatic hydroxyl groups is 2. The van der Waals surface area contributed by atoms with Gasteiger partial charge in [-0.15, -0.1) is 0 Å². The third-order valence-electron chi connectivity index (χ3n) is 10.5. The highest BCUT2D eigenvalue weighted by atomic mass is 16.3. The molecule has 4 aromatic rings. The molecule has 0 spiro atoms. The highest BCUT2D eigenvalue weighted by Gasteiger charge is 2.59. The van der Waals surface area contributed by atoms with Gasteiger partial charge in [0.05, 0.1) is 23.3 Å². The smallest absolute Gasteiger partial charge is 0.236 e. The van der Waals surface area contributed by atoms with E-state index in [1.165, 1.54) is 0 Å². The van der Waals surface area contributed by atoms with Crippen LogP contribution in [0.4, 0.5) is 0 Å². The Morgan fingerprint density at radius 1 is 0.535 bits per heavy atom. The van der Waals surface area contributed by atoms with E-state index >= 15 is 0 Å². The lowest BCUT2D eigenvalue weighted by atomic mass is 9.83. The average Bonchev–Trinajstić information content (AvgIpc) is 3.55. The highest BCUT2D eigenvalue weighted by molar-refractivity contribution is 6.08. The molecule has 2 atom stereocenters. The van der Waals surface area contributed by atoms with Crippen LogP contribution in [0, 0.1) is 5.41 Å². The first-order chi connectivity index (χ1) is 20.8. The summed E-state index contributed by atoms with van der Waals surface area (Å²) in [6.45, 7) is 0. The molecule has 0 aromatic heterocycles. The zero-order chi connectivity index (χ0) is 29.7. The molecule has 0 unspecified atom stereocenters. The van der Waals surface area contributed by atoms with E-state index < -0.39 is 28.7 Å². The Kier molecular flexibility index (Phi) is 7.02. The maximum Gasteiger partial charge on any atom is 0.236 e. The van der Waals surface area contributed by atoms with E-state index in [4.69, 9.17) is 0 Å². The van der Waals surface area contributed by atoms with Crippen molar-refractivity contribution in [1.29, 1.82) is 0 Å². The van der Waals surface area contributed by atoms with Crippen LogP contribution in [0.3, 0.4) is 0 Å². The van der Waals surface area contributed by atoms with Gasteiger partial charge >= 0.3 is 0 Å². The zero-order valence-electron chi connectivity index (χ0n) is 24.5. The summed E-state index contributed by atoms with van der Waals surface area (Å²) in [6, 6.07) is 26.7. The SMILES string of the molecule is O=C(N[C@@H](c1cccc2ccccc12)C1(O)CCCC1)C1(C(=O)N[C@@H](c2cccc3ccccc23)C2(O)CCCC2)CC1. The Hall–Kier alpha value is -3.74. The lowest BCUT2D eigenvalue weighted by Gasteiger charge is -2.37. The molecule has 3 saturated carbocycles. The Morgan fingerprint density at radius 3 is 1.30 bits per heavy atom. The Labute approximate surface area is 252 Å². The quantitative estimate of drug-likeness (QED) is 0.183. The molecular weight excluding hydrogens is 536 g/mol. The molecule has 3 aliphatic carbocycles. The van der Waals surface area contributed by atoms with Crippen molar-refractivity contribution in [2.24, 2.45) is 5.41 Å². The van der Waals surface area contributed by atoms with Gasteiger partial charge in [-0.3, -0.25) is 9.59 Å². The minimum atomic E-state index is -1.23. The monoisotopic (exact) mass is 576 g/mol. The van der Waals surface area contributed by atoms with Crippen LogP contribution in [0.25, 0.3) is 21.5 Å². The van der Waals surface area contributed by atoms with Crippen molar-refractivity contribution in [2.45, 2.75) is 87.5 Å². The van der Waals surface area contributed by atoms with Crippen molar-refractivity contribution in [3.8, 4) is 0 Å². The second kappa shape index (κ2) is 10.8. The van der Waals surface area contributed by atoms with Gasteiger partial charge in [0.25, 0.3) is 0 Å². The summed E-state index contributed by atoms with van der Waals surface area (Å²) in [6.07, 6.45) is 6.82. The third kappa shape index (κ3) is 4.91. The van der Waals surface area contributed by atoms with Gasteiger partial charge in [0.2, 0.25) is 11.8 Å². The van der Waals surface area contributed by atoms with E-state index in [0.717, 1.165) is 58.4 Å². The predicted octanol–water partition coefficient (Wildman–Crippen LogP) is 6.40. The molecule has 0 heterocycles. The molecule has 4 aromatic carbocycles. The molecule has 2 amide bonds. The number of hydrogen-bond acceptors (Lipinski definition) is 4. The van der Waals surface area contributed by atoms with E-state index in [2.05, 4.69) is 10.6 Å². The summed E-state index contributed by atoms with van der Waals surface area (Å²) >= 11 is 0. The van der Waals surface area contributed by atoms with E-state index in [9.17, 15) is 19.8 Å². The van der Waals surface area contributed by atoms with Crippen molar-refractivity contribution >= 4 is 33.4 Å². The molecule has 222 valence electrons. The maximum atomic E-state index is 14.2. The standard InChI is InChI=1S/C37H40N2O4/c40-33(38-31(36(42)19-5-6-20-36)29-17-9-13-25-11-1-3-15-27(25)29)35(23-24-35)34(41)39-32(37(43)21-7-8-22-37)30-18-10-14-26-12-2-4-16-28(26)30/h1-4,9-18,31-32,42-43H,5-8,19-24H2,(H,38,40)(H,39,41)/t31-,32-/m0/s1. The van der Waals surface area contributed by atoms with Crippen LogP contribution in [0.15, 0.2) is 84.9 Å². The fraction of sp³-hybridized carbons (Fsp3) is 0.405. The molecule has 0 saturated heterocycles. The zero-order valence-corrected chi connectivity index (χ0v) is 24.5. The second-order valence-corrected chi connectivity index (χ2v) is 13.2. The number of carbonyl (C=O) groups is 2. The molecule has 0 radical (unpaired) electrons. The van der Waals surface area contributed by atoms with Crippen molar-refractivity contribution < 1.29 is 19.8 Å². The minimum Gasteiger partial charge on any atom is -0.387 e. The van der Waals surface area contributed by atoms with Crippen LogP contribution >= 0.6 is 0 Å². The third-order valence-corrected chi connectivity index (χ3v) is 10.5. The molecule has 3 fully saturated rings. The average molecular weight is 577 g/mol. The van der Waals surface area contributed by atoms with Gasteiger partial charge in [-0.05, 0) is 71.2 Å². The van der Waals surface area contributed by atoms with Crippen molar-refractivity contribution in [3.63, 3.8) is 0 Å². The summed E-state index contributed by atoms with van der Waals surface area (Å²) in [5.74, 6) is -0.698. The number of fused-ring (bicyclic) bond motifs is 2. The predicted molar refractivity (Wildman–Crippen MR) is 168 cm³/mol. The molecule has 6 nitrogen and oxygen atoms in total. The molecule has 0 aliphatic heterocycles. The van der Waals surface area contributed by atoms with Crippen molar-refractivity contribution in [2.75, 3.05) is 0 Å². The summed E-state index contributed by atoms with van der Waals surface area (Å²) in [5, 5.41) is 34.2. The Morgan fingerprint density at radius 2 is 0.907 bits per heavy atom. The van der Waals surface area contributed by atoms with Gasteiger partial charge in [-0.2, -0.15) is 0 Å². The summed E-state index contributed by atoms with van der Waals surface area (Å²) < 4.78 is 0. The van der Waals surface area contributed by atoms with E-state index in [-0.39, 0.29) is 11.8 Å². The number of carbonyl (C=O) groups excluding carboxylic acids is 2. The first-order valence-corrected chi connectivity index (χ1v) is 15.9. The fourth-order valence-electron chi connectivity index (χ4n) is 7.78. The molecule has 6 heteroatoms. The van der Waals surface area contributed by atoms with Crippen LogP contribution in [-0.2, 0) is 9.59 Å². The Balaban J connectivity index is 1.21. The summed E-state index contributed by atoms with van der Waals surface area (Å²) in [7, 11) is 0. The van der Waals surface area contributed by atoms with Crippen LogP contribution < -0.4 is 10.6 Å². The number of hydrogen-bond donors (Lipinski definition) is 4. The van der Waals surface area contributed by atoms with Crippen molar-refractivity contribution in [1.82, 2.24) is 10.6 Å². The summed E-state index contributed by atoms with van der Waals surface area (Å²) in [5.41, 5.74) is -1.65. The maximum absolute atomic E-state index is 14.2. The molecule has 4 N–H and O–H groups in total. The normalized spacial score (nSPS) is 21.3. The lowest BCUT2D eigenvalue weighted by Crippen LogP contribution is -2.52. The second-order valence-electron chi connectivity index (χ2n) is 13.2. The first kappa shape index (κ1) is 28.1. The van der Waals surface area contributed by atoms with Gasteiger partial charge in [-0.1, -0.05) is 111 Å². The number of amides is 2. The fourth-order valence-corrected chi connectivity index (χ4v) is 7.78. The van der Waals surface area contributed by atoms with Crippen LogP contribution in [0.1, 0.15) is 87.4 Å². The van der Waals surface area contributed by atoms with E-state index in [1.807, 2.05) is 84.9 Å². The topological polar surface area (TPSA) is 98.7 Å². The summed E-state index contributed by atoms with van der Waals surface area (Å²) in [4.78, 5) is 28.3.